The van der Waals surface area contributed by atoms with E-state index in [0.717, 1.165) is 5.56 Å². The first-order valence-corrected chi connectivity index (χ1v) is 8.54. The number of alkyl carbamates (subject to hydrolysis) is 1. The minimum absolute atomic E-state index is 0.0525. The molecule has 2 heterocycles. The van der Waals surface area contributed by atoms with E-state index in [1.807, 2.05) is 18.2 Å². The topological polar surface area (TPSA) is 125 Å². The van der Waals surface area contributed by atoms with Crippen LogP contribution in [-0.4, -0.2) is 17.0 Å². The summed E-state index contributed by atoms with van der Waals surface area (Å²) < 4.78 is 10.6. The van der Waals surface area contributed by atoms with Crippen molar-refractivity contribution in [3.8, 4) is 0 Å². The fourth-order valence-corrected chi connectivity index (χ4v) is 2.99. The van der Waals surface area contributed by atoms with Crippen LogP contribution in [0.2, 0.25) is 0 Å². The maximum Gasteiger partial charge on any atom is 0.408 e. The number of aromatic nitrogens is 1. The molecule has 3 N–H and O–H groups in total. The van der Waals surface area contributed by atoms with Crippen LogP contribution < -0.4 is 16.7 Å². The van der Waals surface area contributed by atoms with Gasteiger partial charge in [-0.05, 0) is 17.0 Å². The highest BCUT2D eigenvalue weighted by Gasteiger charge is 2.23. The summed E-state index contributed by atoms with van der Waals surface area (Å²) in [7, 11) is 0. The maximum absolute atomic E-state index is 12.0. The van der Waals surface area contributed by atoms with Gasteiger partial charge in [0.25, 0.3) is 0 Å². The molecule has 3 aromatic rings. The van der Waals surface area contributed by atoms with Gasteiger partial charge in [-0.2, -0.15) is 0 Å². The molecule has 2 amide bonds. The van der Waals surface area contributed by atoms with Crippen LogP contribution in [-0.2, 0) is 16.1 Å². The number of hydrogen-bond donors (Lipinski definition) is 2. The van der Waals surface area contributed by atoms with Crippen molar-refractivity contribution in [1.82, 2.24) is 10.3 Å². The predicted octanol–water partition coefficient (Wildman–Crippen LogP) is 2.09. The monoisotopic (exact) mass is 373 g/mol. The second kappa shape index (κ2) is 7.79. The van der Waals surface area contributed by atoms with Crippen LogP contribution in [0.5, 0.6) is 0 Å². The van der Waals surface area contributed by atoms with Crippen molar-refractivity contribution < 1.29 is 18.7 Å². The van der Waals surface area contributed by atoms with Gasteiger partial charge in [0.05, 0.1) is 11.9 Å². The first-order valence-electron chi connectivity index (χ1n) is 7.66. The third-order valence-electron chi connectivity index (χ3n) is 3.47. The summed E-state index contributed by atoms with van der Waals surface area (Å²) in [5.41, 5.74) is 5.87. The van der Waals surface area contributed by atoms with Crippen molar-refractivity contribution in [2.24, 2.45) is 5.73 Å². The van der Waals surface area contributed by atoms with E-state index in [2.05, 4.69) is 10.3 Å². The molecule has 0 aliphatic carbocycles. The Morgan fingerprint density at radius 1 is 1.27 bits per heavy atom. The van der Waals surface area contributed by atoms with E-state index in [1.165, 1.54) is 11.3 Å². The van der Waals surface area contributed by atoms with Gasteiger partial charge in [-0.25, -0.2) is 14.6 Å². The Hall–Kier alpha value is -3.20. The molecule has 0 saturated carbocycles. The van der Waals surface area contributed by atoms with Gasteiger partial charge in [0, 0.05) is 0 Å². The number of thiophene rings is 1. The zero-order valence-corrected chi connectivity index (χ0v) is 14.3. The number of rotatable bonds is 6. The van der Waals surface area contributed by atoms with Gasteiger partial charge in [-0.1, -0.05) is 30.3 Å². The number of fused-ring (bicyclic) bond motifs is 1. The molecule has 2 aromatic heterocycles. The lowest BCUT2D eigenvalue weighted by Crippen LogP contribution is -2.33. The molecular weight excluding hydrogens is 358 g/mol. The van der Waals surface area contributed by atoms with Crippen molar-refractivity contribution in [2.75, 3.05) is 0 Å². The number of hydrogen-bond acceptors (Lipinski definition) is 7. The molecule has 0 spiro atoms. The van der Waals surface area contributed by atoms with Gasteiger partial charge < -0.3 is 20.2 Å². The van der Waals surface area contributed by atoms with E-state index in [0.29, 0.717) is 10.2 Å². The molecular formula is C17H15N3O5S. The largest absolute Gasteiger partial charge is 0.445 e. The average molecular weight is 373 g/mol. The fraction of sp³-hybridized carbons (Fsp3) is 0.176. The molecule has 0 fully saturated rings. The number of nitrogens with zero attached hydrogens (tertiary/aromatic N) is 1. The van der Waals surface area contributed by atoms with Crippen molar-refractivity contribution >= 4 is 33.6 Å². The number of ether oxygens (including phenoxy) is 1. The smallest absolute Gasteiger partial charge is 0.408 e. The van der Waals surface area contributed by atoms with E-state index in [4.69, 9.17) is 14.9 Å². The minimum atomic E-state index is -1.01. The van der Waals surface area contributed by atoms with Crippen LogP contribution in [0.15, 0.2) is 51.0 Å². The van der Waals surface area contributed by atoms with Gasteiger partial charge >= 0.3 is 11.7 Å². The van der Waals surface area contributed by atoms with Crippen molar-refractivity contribution in [3.05, 3.63) is 63.7 Å². The van der Waals surface area contributed by atoms with Crippen LogP contribution >= 0.6 is 11.3 Å². The first-order chi connectivity index (χ1) is 12.5. The molecule has 8 nitrogen and oxygen atoms in total. The van der Waals surface area contributed by atoms with Crippen molar-refractivity contribution in [1.29, 1.82) is 0 Å². The molecule has 1 aromatic carbocycles. The predicted molar refractivity (Wildman–Crippen MR) is 94.5 cm³/mol. The number of nitrogens with two attached hydrogens (primary N) is 1. The molecule has 26 heavy (non-hydrogen) atoms. The summed E-state index contributed by atoms with van der Waals surface area (Å²) >= 11 is 1.20. The van der Waals surface area contributed by atoms with E-state index in [-0.39, 0.29) is 18.9 Å². The highest BCUT2D eigenvalue weighted by atomic mass is 32.1. The third kappa shape index (κ3) is 4.25. The van der Waals surface area contributed by atoms with Crippen LogP contribution in [0.3, 0.4) is 0 Å². The second-order valence-corrected chi connectivity index (χ2v) is 6.32. The Labute approximate surface area is 151 Å². The molecule has 0 saturated heterocycles. The van der Waals surface area contributed by atoms with E-state index >= 15 is 0 Å². The summed E-state index contributed by atoms with van der Waals surface area (Å²) in [4.78, 5) is 39.6. The molecule has 0 bridgehead atoms. The third-order valence-corrected chi connectivity index (χ3v) is 4.35. The molecule has 0 aliphatic heterocycles. The first kappa shape index (κ1) is 17.6. The van der Waals surface area contributed by atoms with Crippen molar-refractivity contribution in [2.45, 2.75) is 19.1 Å². The number of nitrogens with one attached hydrogen (secondary N) is 1. The molecule has 1 atom stereocenters. The highest BCUT2D eigenvalue weighted by Crippen LogP contribution is 2.20. The average Bonchev–Trinajstić information content (AvgIpc) is 3.09. The Morgan fingerprint density at radius 2 is 2.04 bits per heavy atom. The van der Waals surface area contributed by atoms with Crippen molar-refractivity contribution in [3.63, 3.8) is 0 Å². The Kier molecular flexibility index (Phi) is 5.28. The quantitative estimate of drug-likeness (QED) is 0.682. The molecule has 134 valence electrons. The van der Waals surface area contributed by atoms with E-state index < -0.39 is 23.7 Å². The Bertz CT molecular complexity index is 983. The summed E-state index contributed by atoms with van der Waals surface area (Å²) in [6.45, 7) is 0.0525. The standard InChI is InChI=1S/C17H15N3O5S/c18-13(21)8-12(15-19-11-6-7-26-14(11)16(22)25-15)20-17(23)24-9-10-4-2-1-3-5-10/h1-7,12H,8-9H2,(H2,18,21)(H,20,23)/t12-/m0/s1. The molecule has 3 rings (SSSR count). The summed E-state index contributed by atoms with van der Waals surface area (Å²) in [5, 5.41) is 4.16. The second-order valence-electron chi connectivity index (χ2n) is 5.40. The fourth-order valence-electron chi connectivity index (χ4n) is 2.28. The Balaban J connectivity index is 1.75. The van der Waals surface area contributed by atoms with Crippen LogP contribution in [0.25, 0.3) is 10.2 Å². The van der Waals surface area contributed by atoms with Gasteiger partial charge in [0.2, 0.25) is 11.8 Å². The van der Waals surface area contributed by atoms with E-state index in [1.54, 1.807) is 23.6 Å². The molecule has 0 radical (unpaired) electrons. The number of carbonyl (C=O) groups is 2. The van der Waals surface area contributed by atoms with Gasteiger partial charge in [-0.15, -0.1) is 11.3 Å². The maximum atomic E-state index is 12.0. The number of benzene rings is 1. The molecule has 9 heteroatoms. The lowest BCUT2D eigenvalue weighted by molar-refractivity contribution is -0.118. The lowest BCUT2D eigenvalue weighted by Gasteiger charge is -2.15. The lowest BCUT2D eigenvalue weighted by atomic mass is 10.2. The van der Waals surface area contributed by atoms with Crippen LogP contribution in [0.4, 0.5) is 4.79 Å². The zero-order valence-electron chi connectivity index (χ0n) is 13.5. The SMILES string of the molecule is NC(=O)C[C@H](NC(=O)OCc1ccccc1)c1nc2ccsc2c(=O)o1. The Morgan fingerprint density at radius 3 is 2.77 bits per heavy atom. The highest BCUT2D eigenvalue weighted by molar-refractivity contribution is 7.17. The normalized spacial score (nSPS) is 11.8. The molecule has 0 unspecified atom stereocenters. The van der Waals surface area contributed by atoms with Gasteiger partial charge in [-0.3, -0.25) is 4.79 Å². The summed E-state index contributed by atoms with van der Waals surface area (Å²) in [6, 6.07) is 9.74. The van der Waals surface area contributed by atoms with Gasteiger partial charge in [0.1, 0.15) is 17.3 Å². The number of amides is 2. The molecule has 0 aliphatic rings. The van der Waals surface area contributed by atoms with Crippen LogP contribution in [0, 0.1) is 0 Å². The van der Waals surface area contributed by atoms with Gasteiger partial charge in [0.15, 0.2) is 0 Å². The summed E-state index contributed by atoms with van der Waals surface area (Å²) in [5.74, 6) is -0.787. The number of primary amides is 1. The van der Waals surface area contributed by atoms with E-state index in [9.17, 15) is 14.4 Å². The number of carbonyl (C=O) groups excluding carboxylic acids is 2. The van der Waals surface area contributed by atoms with Crippen LogP contribution in [0.1, 0.15) is 23.9 Å². The summed E-state index contributed by atoms with van der Waals surface area (Å²) in [6.07, 6.45) is -1.07. The zero-order chi connectivity index (χ0) is 18.5. The minimum Gasteiger partial charge on any atom is -0.445 e.